The van der Waals surface area contributed by atoms with Crippen molar-refractivity contribution in [2.75, 3.05) is 18.5 Å². The maximum absolute atomic E-state index is 12.2. The second kappa shape index (κ2) is 7.68. The van der Waals surface area contributed by atoms with E-state index in [-0.39, 0.29) is 12.5 Å². The molecular formula is C19H23NO3. The Morgan fingerprint density at radius 1 is 1.00 bits per heavy atom. The molecule has 2 aromatic rings. The van der Waals surface area contributed by atoms with Crippen molar-refractivity contribution in [1.82, 2.24) is 0 Å². The minimum Gasteiger partial charge on any atom is -0.492 e. The summed E-state index contributed by atoms with van der Waals surface area (Å²) in [4.78, 5) is 12.2. The zero-order chi connectivity index (χ0) is 16.8. The number of aryl methyl sites for hydroxylation is 2. The highest BCUT2D eigenvalue weighted by Crippen LogP contribution is 2.26. The lowest BCUT2D eigenvalue weighted by Crippen LogP contribution is -2.21. The maximum Gasteiger partial charge on any atom is 0.262 e. The van der Waals surface area contributed by atoms with Gasteiger partial charge in [0.25, 0.3) is 5.91 Å². The zero-order valence-corrected chi connectivity index (χ0v) is 14.1. The van der Waals surface area contributed by atoms with Gasteiger partial charge in [-0.3, -0.25) is 4.79 Å². The molecule has 0 bridgehead atoms. The fourth-order valence-electron chi connectivity index (χ4n) is 2.32. The van der Waals surface area contributed by atoms with Crippen molar-refractivity contribution < 1.29 is 14.3 Å². The van der Waals surface area contributed by atoms with Gasteiger partial charge in [-0.1, -0.05) is 24.3 Å². The summed E-state index contributed by atoms with van der Waals surface area (Å²) in [6.07, 6.45) is 0. The molecule has 0 atom stereocenters. The van der Waals surface area contributed by atoms with E-state index in [2.05, 4.69) is 11.4 Å². The van der Waals surface area contributed by atoms with Crippen LogP contribution in [0.5, 0.6) is 11.5 Å². The summed E-state index contributed by atoms with van der Waals surface area (Å²) in [6, 6.07) is 11.4. The molecule has 0 saturated carbocycles. The summed E-state index contributed by atoms with van der Waals surface area (Å²) >= 11 is 0. The van der Waals surface area contributed by atoms with Gasteiger partial charge in [0.15, 0.2) is 6.61 Å². The zero-order valence-electron chi connectivity index (χ0n) is 14.1. The summed E-state index contributed by atoms with van der Waals surface area (Å²) in [6.45, 7) is 8.42. The predicted octanol–water partition coefficient (Wildman–Crippen LogP) is 4.03. The van der Waals surface area contributed by atoms with Crippen LogP contribution in [0.25, 0.3) is 0 Å². The van der Waals surface area contributed by atoms with Crippen molar-refractivity contribution in [2.24, 2.45) is 0 Å². The van der Waals surface area contributed by atoms with Crippen LogP contribution in [0.1, 0.15) is 23.6 Å². The summed E-state index contributed by atoms with van der Waals surface area (Å²) in [7, 11) is 0. The number of carbonyl (C=O) groups is 1. The number of ether oxygens (including phenoxy) is 2. The van der Waals surface area contributed by atoms with Gasteiger partial charge >= 0.3 is 0 Å². The number of carbonyl (C=O) groups excluding carboxylic acids is 1. The molecule has 0 aliphatic carbocycles. The van der Waals surface area contributed by atoms with Crippen molar-refractivity contribution >= 4 is 11.6 Å². The highest BCUT2D eigenvalue weighted by atomic mass is 16.5. The standard InChI is InChI=1S/C19H23NO3/c1-5-22-17-9-7-6-8-16(17)20-18(21)12-23-19-14(3)11-10-13(2)15(19)4/h6-11H,5,12H2,1-4H3,(H,20,21). The van der Waals surface area contributed by atoms with Gasteiger partial charge in [0.05, 0.1) is 12.3 Å². The minimum absolute atomic E-state index is 0.0361. The van der Waals surface area contributed by atoms with Crippen molar-refractivity contribution in [1.29, 1.82) is 0 Å². The Morgan fingerprint density at radius 3 is 2.43 bits per heavy atom. The first-order chi connectivity index (χ1) is 11.0. The molecule has 1 amide bonds. The summed E-state index contributed by atoms with van der Waals surface area (Å²) in [5.41, 5.74) is 3.89. The van der Waals surface area contributed by atoms with E-state index >= 15 is 0 Å². The van der Waals surface area contributed by atoms with Crippen LogP contribution < -0.4 is 14.8 Å². The molecule has 0 heterocycles. The number of hydrogen-bond donors (Lipinski definition) is 1. The van der Waals surface area contributed by atoms with E-state index in [1.165, 1.54) is 0 Å². The van der Waals surface area contributed by atoms with E-state index in [1.807, 2.05) is 58.0 Å². The van der Waals surface area contributed by atoms with Crippen molar-refractivity contribution in [3.05, 3.63) is 53.1 Å². The molecule has 2 aromatic carbocycles. The molecule has 4 heteroatoms. The highest BCUT2D eigenvalue weighted by molar-refractivity contribution is 5.93. The van der Waals surface area contributed by atoms with E-state index in [9.17, 15) is 4.79 Å². The summed E-state index contributed by atoms with van der Waals surface area (Å²) in [5, 5.41) is 2.83. The predicted molar refractivity (Wildman–Crippen MR) is 92.4 cm³/mol. The number of benzene rings is 2. The maximum atomic E-state index is 12.2. The lowest BCUT2D eigenvalue weighted by atomic mass is 10.1. The molecule has 0 radical (unpaired) electrons. The van der Waals surface area contributed by atoms with Crippen molar-refractivity contribution in [3.63, 3.8) is 0 Å². The second-order valence-corrected chi connectivity index (χ2v) is 5.42. The fourth-order valence-corrected chi connectivity index (χ4v) is 2.32. The van der Waals surface area contributed by atoms with Crippen LogP contribution in [0.2, 0.25) is 0 Å². The number of anilines is 1. The van der Waals surface area contributed by atoms with Crippen LogP contribution in [-0.4, -0.2) is 19.1 Å². The number of para-hydroxylation sites is 2. The van der Waals surface area contributed by atoms with E-state index in [1.54, 1.807) is 0 Å². The monoisotopic (exact) mass is 313 g/mol. The number of nitrogens with one attached hydrogen (secondary N) is 1. The molecule has 0 saturated heterocycles. The Balaban J connectivity index is 2.03. The van der Waals surface area contributed by atoms with Crippen LogP contribution in [0, 0.1) is 20.8 Å². The van der Waals surface area contributed by atoms with E-state index in [0.29, 0.717) is 18.0 Å². The molecule has 2 rings (SSSR count). The van der Waals surface area contributed by atoms with Gasteiger partial charge in [0.1, 0.15) is 11.5 Å². The molecule has 0 fully saturated rings. The van der Waals surface area contributed by atoms with E-state index in [0.717, 1.165) is 22.4 Å². The van der Waals surface area contributed by atoms with Gasteiger partial charge in [-0.25, -0.2) is 0 Å². The molecule has 0 unspecified atom stereocenters. The molecule has 4 nitrogen and oxygen atoms in total. The van der Waals surface area contributed by atoms with E-state index < -0.39 is 0 Å². The molecule has 0 aliphatic heterocycles. The average Bonchev–Trinajstić information content (AvgIpc) is 2.53. The van der Waals surface area contributed by atoms with Gasteiger partial charge in [-0.15, -0.1) is 0 Å². The Bertz CT molecular complexity index is 695. The third-order valence-corrected chi connectivity index (χ3v) is 3.68. The molecule has 122 valence electrons. The number of hydrogen-bond acceptors (Lipinski definition) is 3. The van der Waals surface area contributed by atoms with Crippen LogP contribution in [0.3, 0.4) is 0 Å². The number of rotatable bonds is 6. The third-order valence-electron chi connectivity index (χ3n) is 3.68. The van der Waals surface area contributed by atoms with Gasteiger partial charge in [0.2, 0.25) is 0 Å². The van der Waals surface area contributed by atoms with Crippen molar-refractivity contribution in [3.8, 4) is 11.5 Å². The normalized spacial score (nSPS) is 10.3. The molecule has 0 spiro atoms. The van der Waals surface area contributed by atoms with Gasteiger partial charge in [0, 0.05) is 0 Å². The topological polar surface area (TPSA) is 47.6 Å². The Labute approximate surface area is 137 Å². The highest BCUT2D eigenvalue weighted by Gasteiger charge is 2.11. The van der Waals surface area contributed by atoms with Gasteiger partial charge < -0.3 is 14.8 Å². The van der Waals surface area contributed by atoms with Gasteiger partial charge in [-0.2, -0.15) is 0 Å². The lowest BCUT2D eigenvalue weighted by molar-refractivity contribution is -0.118. The quantitative estimate of drug-likeness (QED) is 0.876. The lowest BCUT2D eigenvalue weighted by Gasteiger charge is -2.15. The fraction of sp³-hybridized carbons (Fsp3) is 0.316. The number of amides is 1. The van der Waals surface area contributed by atoms with Crippen LogP contribution in [0.4, 0.5) is 5.69 Å². The van der Waals surface area contributed by atoms with E-state index in [4.69, 9.17) is 9.47 Å². The largest absolute Gasteiger partial charge is 0.492 e. The Kier molecular flexibility index (Phi) is 5.63. The Hall–Kier alpha value is -2.49. The molecular weight excluding hydrogens is 290 g/mol. The van der Waals surface area contributed by atoms with Crippen LogP contribution in [-0.2, 0) is 4.79 Å². The first kappa shape index (κ1) is 16.9. The second-order valence-electron chi connectivity index (χ2n) is 5.42. The average molecular weight is 313 g/mol. The SMILES string of the molecule is CCOc1ccccc1NC(=O)COc1c(C)ccc(C)c1C. The molecule has 0 aromatic heterocycles. The van der Waals surface area contributed by atoms with Crippen LogP contribution >= 0.6 is 0 Å². The molecule has 1 N–H and O–H groups in total. The first-order valence-corrected chi connectivity index (χ1v) is 7.74. The molecule has 0 aliphatic rings. The molecule has 23 heavy (non-hydrogen) atoms. The smallest absolute Gasteiger partial charge is 0.262 e. The van der Waals surface area contributed by atoms with Crippen molar-refractivity contribution in [2.45, 2.75) is 27.7 Å². The summed E-state index contributed by atoms with van der Waals surface area (Å²) < 4.78 is 11.2. The van der Waals surface area contributed by atoms with Gasteiger partial charge in [-0.05, 0) is 56.5 Å². The van der Waals surface area contributed by atoms with Crippen LogP contribution in [0.15, 0.2) is 36.4 Å². The third kappa shape index (κ3) is 4.25. The summed E-state index contributed by atoms with van der Waals surface area (Å²) in [5.74, 6) is 1.22. The minimum atomic E-state index is -0.211. The first-order valence-electron chi connectivity index (χ1n) is 7.74. The Morgan fingerprint density at radius 2 is 1.70 bits per heavy atom.